The van der Waals surface area contributed by atoms with E-state index >= 15 is 0 Å². The SMILES string of the molecule is CCc1cccc(C)c1.COc1ccc(CC2C(=O)c3ccccc3C(C)C23CCCC3)cc1.[HH]. The molecule has 3 aromatic rings. The molecule has 2 heteroatoms. The number of aryl methyl sites for hydroxylation is 2. The van der Waals surface area contributed by atoms with Crippen molar-refractivity contribution in [1.29, 1.82) is 0 Å². The van der Waals surface area contributed by atoms with E-state index in [0.29, 0.717) is 11.7 Å². The molecule has 2 aliphatic rings. The average Bonchev–Trinajstić information content (AvgIpc) is 3.37. The van der Waals surface area contributed by atoms with Crippen LogP contribution < -0.4 is 4.74 Å². The van der Waals surface area contributed by atoms with Crippen LogP contribution in [0.2, 0.25) is 0 Å². The summed E-state index contributed by atoms with van der Waals surface area (Å²) in [5.41, 5.74) is 6.36. The van der Waals surface area contributed by atoms with Crippen LogP contribution >= 0.6 is 0 Å². The van der Waals surface area contributed by atoms with Gasteiger partial charge in [0.15, 0.2) is 5.78 Å². The highest BCUT2D eigenvalue weighted by molar-refractivity contribution is 6.01. The van der Waals surface area contributed by atoms with Gasteiger partial charge in [-0.2, -0.15) is 0 Å². The minimum absolute atomic E-state index is 0. The van der Waals surface area contributed by atoms with E-state index in [9.17, 15) is 4.79 Å². The highest BCUT2D eigenvalue weighted by atomic mass is 16.5. The van der Waals surface area contributed by atoms with Crippen LogP contribution in [0.25, 0.3) is 0 Å². The van der Waals surface area contributed by atoms with Gasteiger partial charge in [-0.15, -0.1) is 0 Å². The molecule has 0 aliphatic heterocycles. The third-order valence-electron chi connectivity index (χ3n) is 8.19. The molecule has 0 radical (unpaired) electrons. The van der Waals surface area contributed by atoms with E-state index in [1.165, 1.54) is 47.9 Å². The van der Waals surface area contributed by atoms with Gasteiger partial charge >= 0.3 is 0 Å². The van der Waals surface area contributed by atoms with E-state index < -0.39 is 0 Å². The number of ether oxygens (including phenoxy) is 1. The molecule has 0 aromatic heterocycles. The monoisotopic (exact) mass is 456 g/mol. The molecule has 5 rings (SSSR count). The summed E-state index contributed by atoms with van der Waals surface area (Å²) in [5.74, 6) is 1.76. The van der Waals surface area contributed by atoms with Gasteiger partial charge < -0.3 is 4.74 Å². The molecule has 0 amide bonds. The van der Waals surface area contributed by atoms with Crippen molar-refractivity contribution in [2.24, 2.45) is 11.3 Å². The second kappa shape index (κ2) is 10.6. The zero-order valence-corrected chi connectivity index (χ0v) is 21.1. The van der Waals surface area contributed by atoms with Gasteiger partial charge in [-0.25, -0.2) is 0 Å². The predicted octanol–water partition coefficient (Wildman–Crippen LogP) is 8.22. The van der Waals surface area contributed by atoms with Crippen LogP contribution in [0.4, 0.5) is 0 Å². The van der Waals surface area contributed by atoms with Crippen LogP contribution in [0.3, 0.4) is 0 Å². The molecule has 0 heterocycles. The molecule has 1 saturated carbocycles. The Hall–Kier alpha value is -2.87. The molecule has 1 spiro atoms. The van der Waals surface area contributed by atoms with E-state index in [1.807, 2.05) is 24.3 Å². The molecule has 34 heavy (non-hydrogen) atoms. The quantitative estimate of drug-likeness (QED) is 0.395. The molecule has 0 N–H and O–H groups in total. The molecule has 2 atom stereocenters. The number of rotatable bonds is 4. The summed E-state index contributed by atoms with van der Waals surface area (Å²) in [7, 11) is 1.69. The number of benzene rings is 3. The van der Waals surface area contributed by atoms with Crippen LogP contribution in [-0.2, 0) is 12.8 Å². The molecule has 180 valence electrons. The van der Waals surface area contributed by atoms with Crippen molar-refractivity contribution in [1.82, 2.24) is 0 Å². The van der Waals surface area contributed by atoms with Crippen LogP contribution in [-0.4, -0.2) is 12.9 Å². The second-order valence-electron chi connectivity index (χ2n) is 10.1. The lowest BCUT2D eigenvalue weighted by molar-refractivity contribution is 0.0628. The Morgan fingerprint density at radius 2 is 1.65 bits per heavy atom. The van der Waals surface area contributed by atoms with Gasteiger partial charge in [0, 0.05) is 12.9 Å². The lowest BCUT2D eigenvalue weighted by Gasteiger charge is -2.46. The Labute approximate surface area is 206 Å². The summed E-state index contributed by atoms with van der Waals surface area (Å²) in [4.78, 5) is 13.4. The number of ketones is 1. The molecule has 2 unspecified atom stereocenters. The first-order chi connectivity index (χ1) is 16.5. The standard InChI is InChI=1S/C23H26O2.C9H12.H2/c1-16-19-7-3-4-8-20(19)22(24)21(23(16)13-5-6-14-23)15-17-9-11-18(25-2)12-10-17;1-3-9-6-4-5-8(2)7-9;/h3-4,7-12,16,21H,5-6,13-15H2,1-2H3;4-7H,3H2,1-2H3;1H. The largest absolute Gasteiger partial charge is 0.497 e. The van der Waals surface area contributed by atoms with Crippen molar-refractivity contribution >= 4 is 5.78 Å². The molecular formula is C32H40O2. The van der Waals surface area contributed by atoms with Gasteiger partial charge in [-0.3, -0.25) is 4.79 Å². The first-order valence-corrected chi connectivity index (χ1v) is 12.8. The molecule has 2 nitrogen and oxygen atoms in total. The van der Waals surface area contributed by atoms with Crippen molar-refractivity contribution in [3.05, 3.63) is 101 Å². The van der Waals surface area contributed by atoms with E-state index in [2.05, 4.69) is 69.3 Å². The number of hydrogen-bond donors (Lipinski definition) is 0. The summed E-state index contributed by atoms with van der Waals surface area (Å²) in [6, 6.07) is 25.1. The fourth-order valence-electron chi connectivity index (χ4n) is 6.20. The smallest absolute Gasteiger partial charge is 0.167 e. The minimum Gasteiger partial charge on any atom is -0.497 e. The Kier molecular flexibility index (Phi) is 7.56. The summed E-state index contributed by atoms with van der Waals surface area (Å²) in [6.07, 6.45) is 6.82. The lowest BCUT2D eigenvalue weighted by atomic mass is 9.56. The highest BCUT2D eigenvalue weighted by Gasteiger charge is 2.52. The number of carbonyl (C=O) groups is 1. The van der Waals surface area contributed by atoms with Crippen LogP contribution in [0, 0.1) is 18.3 Å². The minimum atomic E-state index is 0. The van der Waals surface area contributed by atoms with Gasteiger partial charge in [0.05, 0.1) is 7.11 Å². The van der Waals surface area contributed by atoms with E-state index in [1.54, 1.807) is 7.11 Å². The maximum atomic E-state index is 13.4. The lowest BCUT2D eigenvalue weighted by Crippen LogP contribution is -2.43. The topological polar surface area (TPSA) is 26.3 Å². The first-order valence-electron chi connectivity index (χ1n) is 12.8. The fourth-order valence-corrected chi connectivity index (χ4v) is 6.20. The normalized spacial score (nSPS) is 20.4. The summed E-state index contributed by atoms with van der Waals surface area (Å²) < 4.78 is 5.27. The number of fused-ring (bicyclic) bond motifs is 1. The van der Waals surface area contributed by atoms with Gasteiger partial charge in [0.2, 0.25) is 0 Å². The maximum absolute atomic E-state index is 13.4. The zero-order valence-electron chi connectivity index (χ0n) is 21.1. The van der Waals surface area contributed by atoms with Crippen molar-refractivity contribution in [2.75, 3.05) is 7.11 Å². The van der Waals surface area contributed by atoms with Gasteiger partial charge in [-0.1, -0.05) is 92.9 Å². The van der Waals surface area contributed by atoms with E-state index in [-0.39, 0.29) is 12.8 Å². The van der Waals surface area contributed by atoms with Crippen molar-refractivity contribution in [3.63, 3.8) is 0 Å². The Morgan fingerprint density at radius 3 is 2.26 bits per heavy atom. The van der Waals surface area contributed by atoms with Crippen LogP contribution in [0.5, 0.6) is 5.75 Å². The van der Waals surface area contributed by atoms with E-state index in [4.69, 9.17) is 4.74 Å². The van der Waals surface area contributed by atoms with Gasteiger partial charge in [-0.05, 0) is 72.8 Å². The van der Waals surface area contributed by atoms with Gasteiger partial charge in [0.25, 0.3) is 0 Å². The maximum Gasteiger partial charge on any atom is 0.167 e. The molecule has 0 bridgehead atoms. The van der Waals surface area contributed by atoms with Crippen LogP contribution in [0.1, 0.15) is 79.5 Å². The summed E-state index contributed by atoms with van der Waals surface area (Å²) >= 11 is 0. The predicted molar refractivity (Wildman–Crippen MR) is 143 cm³/mol. The molecule has 3 aromatic carbocycles. The number of hydrogen-bond acceptors (Lipinski definition) is 2. The summed E-state index contributed by atoms with van der Waals surface area (Å²) in [6.45, 7) is 6.64. The zero-order chi connectivity index (χ0) is 24.1. The number of carbonyl (C=O) groups excluding carboxylic acids is 1. The molecule has 1 fully saturated rings. The Balaban J connectivity index is 0.000000291. The third-order valence-corrected chi connectivity index (χ3v) is 8.19. The number of Topliss-reactive ketones (excluding diaryl/α,β-unsaturated/α-hetero) is 1. The second-order valence-corrected chi connectivity index (χ2v) is 10.1. The van der Waals surface area contributed by atoms with Crippen molar-refractivity contribution < 1.29 is 11.0 Å². The van der Waals surface area contributed by atoms with Gasteiger partial charge in [0.1, 0.15) is 5.75 Å². The van der Waals surface area contributed by atoms with Crippen molar-refractivity contribution in [3.8, 4) is 5.75 Å². The molecule has 2 aliphatic carbocycles. The Bertz CT molecular complexity index is 1110. The highest BCUT2D eigenvalue weighted by Crippen LogP contribution is 2.58. The molecular weight excluding hydrogens is 416 g/mol. The van der Waals surface area contributed by atoms with Crippen LogP contribution in [0.15, 0.2) is 72.8 Å². The van der Waals surface area contributed by atoms with Crippen molar-refractivity contribution in [2.45, 2.75) is 65.2 Å². The average molecular weight is 457 g/mol. The molecule has 0 saturated heterocycles. The number of methoxy groups -OCH3 is 1. The fraction of sp³-hybridized carbons (Fsp3) is 0.406. The first kappa shape index (κ1) is 24.3. The van der Waals surface area contributed by atoms with E-state index in [0.717, 1.165) is 24.2 Å². The third kappa shape index (κ3) is 4.82. The Morgan fingerprint density at radius 1 is 0.941 bits per heavy atom. The summed E-state index contributed by atoms with van der Waals surface area (Å²) in [5, 5.41) is 0.